The minimum Gasteiger partial charge on any atom is -0.299 e. The molecule has 2 aromatic rings. The summed E-state index contributed by atoms with van der Waals surface area (Å²) in [7, 11) is 0. The molecule has 0 radical (unpaired) electrons. The summed E-state index contributed by atoms with van der Waals surface area (Å²) < 4.78 is 0. The van der Waals surface area contributed by atoms with Crippen LogP contribution < -0.4 is 0 Å². The van der Waals surface area contributed by atoms with Crippen molar-refractivity contribution in [2.75, 3.05) is 0 Å². The summed E-state index contributed by atoms with van der Waals surface area (Å²) in [6.45, 7) is 7.68. The summed E-state index contributed by atoms with van der Waals surface area (Å²) >= 11 is 0. The van der Waals surface area contributed by atoms with E-state index in [0.29, 0.717) is 5.56 Å². The molecular weight excluding hydrogens is 412 g/mol. The molecule has 0 heterocycles. The maximum absolute atomic E-state index is 13.3. The third-order valence-electron chi connectivity index (χ3n) is 7.12. The minimum absolute atomic E-state index is 0.154. The van der Waals surface area contributed by atoms with E-state index in [2.05, 4.69) is 0 Å². The van der Waals surface area contributed by atoms with Crippen LogP contribution in [0.15, 0.2) is 54.6 Å². The third kappa shape index (κ3) is 4.75. The van der Waals surface area contributed by atoms with Crippen LogP contribution in [-0.4, -0.2) is 23.1 Å². The van der Waals surface area contributed by atoms with Crippen LogP contribution in [-0.2, 0) is 19.2 Å². The fraction of sp³-hybridized carbons (Fsp3) is 0.448. The molecule has 2 aliphatic rings. The molecule has 4 rings (SSSR count). The van der Waals surface area contributed by atoms with E-state index >= 15 is 0 Å². The number of Topliss-reactive ketones (excluding diaryl/α,β-unsaturated/α-hetero) is 4. The third-order valence-corrected chi connectivity index (χ3v) is 7.12. The molecule has 2 saturated carbocycles. The Morgan fingerprint density at radius 3 is 1.33 bits per heavy atom. The first kappa shape index (κ1) is 23.3. The van der Waals surface area contributed by atoms with Gasteiger partial charge in [-0.25, -0.2) is 0 Å². The van der Waals surface area contributed by atoms with E-state index in [1.165, 1.54) is 0 Å². The standard InChI is InChI=1S/C29H32O4/c1-28(2)14-21(30)26(22(31)15-28)25(27-23(32)16-29(3,4)17-24(27)33)20-12-10-19(11-13-20)18-8-6-5-7-9-18/h5-13,25-27H,14-17H2,1-4H3. The summed E-state index contributed by atoms with van der Waals surface area (Å²) in [6.07, 6.45) is 1.12. The second-order valence-corrected chi connectivity index (χ2v) is 11.4. The number of carbonyl (C=O) groups excluding carboxylic acids is 4. The van der Waals surface area contributed by atoms with E-state index in [9.17, 15) is 19.2 Å². The minimum atomic E-state index is -0.945. The fourth-order valence-electron chi connectivity index (χ4n) is 5.72. The average Bonchev–Trinajstić information content (AvgIpc) is 2.71. The summed E-state index contributed by atoms with van der Waals surface area (Å²) in [5, 5.41) is 0. The lowest BCUT2D eigenvalue weighted by Gasteiger charge is -2.41. The van der Waals surface area contributed by atoms with Crippen molar-refractivity contribution in [3.8, 4) is 11.1 Å². The number of rotatable bonds is 4. The highest BCUT2D eigenvalue weighted by Gasteiger charge is 2.52. The molecule has 0 amide bonds. The van der Waals surface area contributed by atoms with Gasteiger partial charge in [0.1, 0.15) is 23.1 Å². The first-order valence-corrected chi connectivity index (χ1v) is 11.7. The summed E-state index contributed by atoms with van der Waals surface area (Å²) in [4.78, 5) is 53.1. The zero-order valence-corrected chi connectivity index (χ0v) is 19.9. The second-order valence-electron chi connectivity index (χ2n) is 11.4. The van der Waals surface area contributed by atoms with Crippen LogP contribution in [0.25, 0.3) is 11.1 Å². The zero-order chi connectivity index (χ0) is 24.0. The quantitative estimate of drug-likeness (QED) is 0.577. The molecule has 0 N–H and O–H groups in total. The van der Waals surface area contributed by atoms with Crippen molar-refractivity contribution in [3.05, 3.63) is 60.2 Å². The van der Waals surface area contributed by atoms with Crippen LogP contribution in [0.3, 0.4) is 0 Å². The van der Waals surface area contributed by atoms with Gasteiger partial charge in [0.05, 0.1) is 11.8 Å². The van der Waals surface area contributed by atoms with Gasteiger partial charge in [-0.05, 0) is 27.5 Å². The summed E-state index contributed by atoms with van der Waals surface area (Å²) in [6, 6.07) is 17.6. The van der Waals surface area contributed by atoms with Gasteiger partial charge < -0.3 is 0 Å². The van der Waals surface area contributed by atoms with Crippen LogP contribution in [0.2, 0.25) is 0 Å². The maximum atomic E-state index is 13.3. The molecule has 33 heavy (non-hydrogen) atoms. The molecule has 2 aliphatic carbocycles. The van der Waals surface area contributed by atoms with Crippen LogP contribution in [0.4, 0.5) is 0 Å². The van der Waals surface area contributed by atoms with E-state index in [-0.39, 0.29) is 48.8 Å². The second kappa shape index (κ2) is 8.48. The lowest BCUT2D eigenvalue weighted by Crippen LogP contribution is -2.48. The van der Waals surface area contributed by atoms with Crippen molar-refractivity contribution in [2.45, 2.75) is 59.3 Å². The Balaban J connectivity index is 1.77. The number of hydrogen-bond donors (Lipinski definition) is 0. The van der Waals surface area contributed by atoms with E-state index in [0.717, 1.165) is 11.1 Å². The normalized spacial score (nSPS) is 21.6. The number of hydrogen-bond acceptors (Lipinski definition) is 4. The van der Waals surface area contributed by atoms with Crippen molar-refractivity contribution < 1.29 is 19.2 Å². The topological polar surface area (TPSA) is 68.3 Å². The Labute approximate surface area is 195 Å². The molecule has 0 atom stereocenters. The molecule has 0 aliphatic heterocycles. The number of carbonyl (C=O) groups is 4. The van der Waals surface area contributed by atoms with Crippen molar-refractivity contribution in [2.24, 2.45) is 22.7 Å². The highest BCUT2D eigenvalue weighted by atomic mass is 16.2. The molecule has 2 fully saturated rings. The Morgan fingerprint density at radius 2 is 0.939 bits per heavy atom. The predicted octanol–water partition coefficient (Wildman–Crippen LogP) is 5.59. The van der Waals surface area contributed by atoms with Crippen LogP contribution in [0, 0.1) is 22.7 Å². The highest BCUT2D eigenvalue weighted by molar-refractivity contribution is 6.11. The summed E-state index contributed by atoms with van der Waals surface area (Å²) in [5.74, 6) is -3.24. The van der Waals surface area contributed by atoms with E-state index in [4.69, 9.17) is 0 Å². The molecule has 172 valence electrons. The van der Waals surface area contributed by atoms with Gasteiger partial charge in [-0.1, -0.05) is 82.3 Å². The van der Waals surface area contributed by atoms with Crippen LogP contribution >= 0.6 is 0 Å². The van der Waals surface area contributed by atoms with E-state index < -0.39 is 28.6 Å². The Hall–Kier alpha value is -2.88. The lowest BCUT2D eigenvalue weighted by molar-refractivity contribution is -0.145. The average molecular weight is 445 g/mol. The van der Waals surface area contributed by atoms with Crippen LogP contribution in [0.1, 0.15) is 64.9 Å². The van der Waals surface area contributed by atoms with Gasteiger partial charge in [0, 0.05) is 31.6 Å². The van der Waals surface area contributed by atoms with Crippen molar-refractivity contribution >= 4 is 23.1 Å². The largest absolute Gasteiger partial charge is 0.299 e. The van der Waals surface area contributed by atoms with Gasteiger partial charge in [-0.2, -0.15) is 0 Å². The van der Waals surface area contributed by atoms with Gasteiger partial charge in [0.2, 0.25) is 0 Å². The SMILES string of the molecule is CC1(C)CC(=O)C(C(c2ccc(-c3ccccc3)cc2)C2C(=O)CC(C)(C)CC2=O)C(=O)C1. The maximum Gasteiger partial charge on any atom is 0.144 e. The zero-order valence-electron chi connectivity index (χ0n) is 19.9. The molecule has 0 aromatic heterocycles. The van der Waals surface area contributed by atoms with Gasteiger partial charge >= 0.3 is 0 Å². The molecule has 2 aromatic carbocycles. The number of ketones is 4. The van der Waals surface area contributed by atoms with Crippen molar-refractivity contribution in [1.82, 2.24) is 0 Å². The molecule has 0 spiro atoms. The Kier molecular flexibility index (Phi) is 5.98. The van der Waals surface area contributed by atoms with Crippen molar-refractivity contribution in [1.29, 1.82) is 0 Å². The highest BCUT2D eigenvalue weighted by Crippen LogP contribution is 2.47. The predicted molar refractivity (Wildman–Crippen MR) is 128 cm³/mol. The van der Waals surface area contributed by atoms with Gasteiger partial charge in [0.15, 0.2) is 0 Å². The Bertz CT molecular complexity index is 1000. The number of benzene rings is 2. The van der Waals surface area contributed by atoms with Crippen molar-refractivity contribution in [3.63, 3.8) is 0 Å². The van der Waals surface area contributed by atoms with E-state index in [1.807, 2.05) is 82.3 Å². The van der Waals surface area contributed by atoms with Gasteiger partial charge in [-0.3, -0.25) is 19.2 Å². The Morgan fingerprint density at radius 1 is 0.576 bits per heavy atom. The molecular formula is C29H32O4. The first-order chi connectivity index (χ1) is 15.5. The van der Waals surface area contributed by atoms with Crippen LogP contribution in [0.5, 0.6) is 0 Å². The summed E-state index contributed by atoms with van der Waals surface area (Å²) in [5.41, 5.74) is 1.98. The smallest absolute Gasteiger partial charge is 0.144 e. The lowest BCUT2D eigenvalue weighted by atomic mass is 9.59. The molecule has 0 unspecified atom stereocenters. The van der Waals surface area contributed by atoms with Gasteiger partial charge in [-0.15, -0.1) is 0 Å². The molecule has 0 bridgehead atoms. The fourth-order valence-corrected chi connectivity index (χ4v) is 5.72. The first-order valence-electron chi connectivity index (χ1n) is 11.7. The molecule has 4 heteroatoms. The van der Waals surface area contributed by atoms with E-state index in [1.54, 1.807) is 0 Å². The molecule has 0 saturated heterocycles. The molecule has 4 nitrogen and oxygen atoms in total. The van der Waals surface area contributed by atoms with Gasteiger partial charge in [0.25, 0.3) is 0 Å². The monoisotopic (exact) mass is 444 g/mol.